The van der Waals surface area contributed by atoms with Crippen molar-refractivity contribution in [3.8, 4) is 5.75 Å². The number of methoxy groups -OCH3 is 1. The molecule has 1 aromatic carbocycles. The van der Waals surface area contributed by atoms with Crippen molar-refractivity contribution in [2.45, 2.75) is 6.42 Å². The molecule has 0 atom stereocenters. The summed E-state index contributed by atoms with van der Waals surface area (Å²) >= 11 is 5.32. The largest absolute Gasteiger partial charge is 0.497 e. The van der Waals surface area contributed by atoms with Gasteiger partial charge in [0.25, 0.3) is 0 Å². The van der Waals surface area contributed by atoms with Crippen LogP contribution < -0.4 is 4.74 Å². The molecule has 0 radical (unpaired) electrons. The topological polar surface area (TPSA) is 22.1 Å². The van der Waals surface area contributed by atoms with Gasteiger partial charge in [-0.3, -0.25) is 0 Å². The maximum Gasteiger partial charge on any atom is 0.212 e. The normalized spacial score (nSPS) is 10.1. The number of pyridine rings is 1. The van der Waals surface area contributed by atoms with Gasteiger partial charge < -0.3 is 4.74 Å². The van der Waals surface area contributed by atoms with Crippen molar-refractivity contribution >= 4 is 17.1 Å². The third-order valence-corrected chi connectivity index (χ3v) is 2.93. The lowest BCUT2D eigenvalue weighted by Gasteiger charge is -2.06. The monoisotopic (exact) mass is 261 g/mol. The van der Waals surface area contributed by atoms with Gasteiger partial charge in [0, 0.05) is 23.0 Å². The van der Waals surface area contributed by atoms with E-state index in [2.05, 4.69) is 4.98 Å². The van der Waals surface area contributed by atoms with E-state index in [4.69, 9.17) is 17.0 Å². The van der Waals surface area contributed by atoms with Gasteiger partial charge in [0.05, 0.1) is 7.11 Å². The van der Waals surface area contributed by atoms with Gasteiger partial charge >= 0.3 is 0 Å². The molecule has 1 heterocycles. The Morgan fingerprint density at radius 1 is 1.33 bits per heavy atom. The molecule has 0 saturated carbocycles. The smallest absolute Gasteiger partial charge is 0.212 e. The molecule has 0 N–H and O–H groups in total. The van der Waals surface area contributed by atoms with E-state index < -0.39 is 5.95 Å². The number of thiocarbonyl (C=S) groups is 1. The number of ether oxygens (including phenoxy) is 1. The van der Waals surface area contributed by atoms with E-state index in [1.54, 1.807) is 13.2 Å². The first-order valence-corrected chi connectivity index (χ1v) is 5.87. The molecule has 2 nitrogen and oxygen atoms in total. The predicted molar refractivity (Wildman–Crippen MR) is 72.6 cm³/mol. The van der Waals surface area contributed by atoms with E-state index in [0.717, 1.165) is 21.7 Å². The molecule has 0 unspecified atom stereocenters. The molecule has 0 bridgehead atoms. The van der Waals surface area contributed by atoms with Crippen molar-refractivity contribution in [2.24, 2.45) is 0 Å². The molecule has 0 aliphatic heterocycles. The SMILES string of the molecule is COc1cccc(CC(=S)c2ccc(F)nc2)c1. The standard InChI is InChI=1S/C14H12FNOS/c1-17-12-4-2-3-10(7-12)8-13(18)11-5-6-14(15)16-9-11/h2-7,9H,8H2,1H3. The molecule has 0 saturated heterocycles. The number of benzene rings is 1. The molecule has 0 fully saturated rings. The molecular formula is C14H12FNOS. The Morgan fingerprint density at radius 3 is 2.83 bits per heavy atom. The highest BCUT2D eigenvalue weighted by molar-refractivity contribution is 7.80. The lowest BCUT2D eigenvalue weighted by Crippen LogP contribution is -2.03. The Hall–Kier alpha value is -1.81. The molecule has 0 spiro atoms. The summed E-state index contributed by atoms with van der Waals surface area (Å²) in [7, 11) is 1.63. The summed E-state index contributed by atoms with van der Waals surface area (Å²) in [5.41, 5.74) is 1.83. The highest BCUT2D eigenvalue weighted by Gasteiger charge is 2.04. The Bertz CT molecular complexity index is 554. The van der Waals surface area contributed by atoms with E-state index in [0.29, 0.717) is 6.42 Å². The number of aromatic nitrogens is 1. The Morgan fingerprint density at radius 2 is 2.17 bits per heavy atom. The Balaban J connectivity index is 2.13. The van der Waals surface area contributed by atoms with Gasteiger partial charge in [-0.05, 0) is 29.8 Å². The first-order valence-electron chi connectivity index (χ1n) is 5.47. The first-order chi connectivity index (χ1) is 8.69. The minimum Gasteiger partial charge on any atom is -0.497 e. The van der Waals surface area contributed by atoms with Crippen molar-refractivity contribution in [3.63, 3.8) is 0 Å². The lowest BCUT2D eigenvalue weighted by atomic mass is 10.1. The van der Waals surface area contributed by atoms with Crippen LogP contribution in [-0.2, 0) is 6.42 Å². The molecule has 4 heteroatoms. The highest BCUT2D eigenvalue weighted by Crippen LogP contribution is 2.15. The summed E-state index contributed by atoms with van der Waals surface area (Å²) < 4.78 is 17.9. The van der Waals surface area contributed by atoms with Crippen molar-refractivity contribution in [2.75, 3.05) is 7.11 Å². The van der Waals surface area contributed by atoms with Gasteiger partial charge in [-0.25, -0.2) is 4.98 Å². The summed E-state index contributed by atoms with van der Waals surface area (Å²) in [6.07, 6.45) is 2.07. The predicted octanol–water partition coefficient (Wildman–Crippen LogP) is 3.19. The second-order valence-corrected chi connectivity index (χ2v) is 4.31. The Kier molecular flexibility index (Phi) is 3.99. The molecule has 2 rings (SSSR count). The van der Waals surface area contributed by atoms with Crippen molar-refractivity contribution in [1.29, 1.82) is 0 Å². The minimum absolute atomic E-state index is 0.497. The number of nitrogens with zero attached hydrogens (tertiary/aromatic N) is 1. The van der Waals surface area contributed by atoms with Crippen LogP contribution in [0.5, 0.6) is 5.75 Å². The third kappa shape index (κ3) is 3.11. The molecule has 0 aliphatic carbocycles. The van der Waals surface area contributed by atoms with E-state index in [1.165, 1.54) is 12.3 Å². The zero-order valence-electron chi connectivity index (χ0n) is 9.89. The molecule has 1 aromatic heterocycles. The van der Waals surface area contributed by atoms with E-state index in [1.807, 2.05) is 24.3 Å². The second kappa shape index (κ2) is 5.69. The van der Waals surface area contributed by atoms with Crippen LogP contribution in [0.4, 0.5) is 4.39 Å². The second-order valence-electron chi connectivity index (χ2n) is 3.82. The van der Waals surface area contributed by atoms with Gasteiger partial charge in [-0.2, -0.15) is 4.39 Å². The van der Waals surface area contributed by atoms with Crippen LogP contribution in [0.3, 0.4) is 0 Å². The van der Waals surface area contributed by atoms with Crippen LogP contribution in [0.15, 0.2) is 42.6 Å². The molecule has 0 amide bonds. The number of halogens is 1. The highest BCUT2D eigenvalue weighted by atomic mass is 32.1. The first kappa shape index (κ1) is 12.6. The minimum atomic E-state index is -0.497. The summed E-state index contributed by atoms with van der Waals surface area (Å²) in [6.45, 7) is 0. The van der Waals surface area contributed by atoms with Gasteiger partial charge in [-0.15, -0.1) is 0 Å². The third-order valence-electron chi connectivity index (χ3n) is 2.55. The summed E-state index contributed by atoms with van der Waals surface area (Å²) in [5.74, 6) is 0.301. The van der Waals surface area contributed by atoms with Crippen LogP contribution in [0.2, 0.25) is 0 Å². The Labute approximate surface area is 110 Å². The van der Waals surface area contributed by atoms with Gasteiger partial charge in [0.2, 0.25) is 5.95 Å². The molecule has 0 aliphatic rings. The van der Waals surface area contributed by atoms with Crippen molar-refractivity contribution in [1.82, 2.24) is 4.98 Å². The van der Waals surface area contributed by atoms with Gasteiger partial charge in [-0.1, -0.05) is 24.4 Å². The maximum atomic E-state index is 12.7. The van der Waals surface area contributed by atoms with E-state index >= 15 is 0 Å². The van der Waals surface area contributed by atoms with Gasteiger partial charge in [0.15, 0.2) is 0 Å². The van der Waals surface area contributed by atoms with E-state index in [9.17, 15) is 4.39 Å². The average molecular weight is 261 g/mol. The summed E-state index contributed by atoms with van der Waals surface area (Å²) in [6, 6.07) is 10.7. The van der Waals surface area contributed by atoms with Crippen LogP contribution in [0.1, 0.15) is 11.1 Å². The van der Waals surface area contributed by atoms with Crippen LogP contribution in [0.25, 0.3) is 0 Å². The number of rotatable bonds is 4. The van der Waals surface area contributed by atoms with Crippen LogP contribution in [-0.4, -0.2) is 17.0 Å². The lowest BCUT2D eigenvalue weighted by molar-refractivity contribution is 0.414. The molecular weight excluding hydrogens is 249 g/mol. The number of hydrogen-bond donors (Lipinski definition) is 0. The van der Waals surface area contributed by atoms with Crippen LogP contribution in [0, 0.1) is 5.95 Å². The fourth-order valence-electron chi connectivity index (χ4n) is 1.61. The molecule has 2 aromatic rings. The molecule has 18 heavy (non-hydrogen) atoms. The van der Waals surface area contributed by atoms with Crippen molar-refractivity contribution < 1.29 is 9.13 Å². The fraction of sp³-hybridized carbons (Fsp3) is 0.143. The fourth-order valence-corrected chi connectivity index (χ4v) is 1.90. The van der Waals surface area contributed by atoms with Crippen molar-refractivity contribution in [3.05, 3.63) is 59.7 Å². The maximum absolute atomic E-state index is 12.7. The quantitative estimate of drug-likeness (QED) is 0.479. The average Bonchev–Trinajstić information content (AvgIpc) is 2.39. The summed E-state index contributed by atoms with van der Waals surface area (Å²) in [5, 5.41) is 0. The van der Waals surface area contributed by atoms with Gasteiger partial charge in [0.1, 0.15) is 5.75 Å². The summed E-state index contributed by atoms with van der Waals surface area (Å²) in [4.78, 5) is 4.33. The molecule has 92 valence electrons. The van der Waals surface area contributed by atoms with E-state index in [-0.39, 0.29) is 0 Å². The zero-order valence-corrected chi connectivity index (χ0v) is 10.7. The zero-order chi connectivity index (χ0) is 13.0. The van der Waals surface area contributed by atoms with Crippen LogP contribution >= 0.6 is 12.2 Å². The number of hydrogen-bond acceptors (Lipinski definition) is 3.